The molecule has 0 unspecified atom stereocenters. The van der Waals surface area contributed by atoms with E-state index in [9.17, 15) is 5.11 Å². The van der Waals surface area contributed by atoms with Crippen molar-refractivity contribution in [3.05, 3.63) is 54.4 Å². The van der Waals surface area contributed by atoms with Crippen LogP contribution in [0.3, 0.4) is 0 Å². The average Bonchev–Trinajstić information content (AvgIpc) is 2.28. The van der Waals surface area contributed by atoms with Crippen molar-refractivity contribution in [2.24, 2.45) is 0 Å². The normalized spacial score (nSPS) is 11.9. The summed E-state index contributed by atoms with van der Waals surface area (Å²) in [6, 6.07) is 14.7. The Kier molecular flexibility index (Phi) is 3.49. The first-order valence-electron chi connectivity index (χ1n) is 6.10. The van der Waals surface area contributed by atoms with E-state index in [4.69, 9.17) is 0 Å². The standard InChI is InChI=1S/C16H19O/c1-16(2,17)12-6-10-14-9-5-8-13-7-3-4-11-15(13)14/h3-5,7-11,17H,6,12H2,1-2H3. The van der Waals surface area contributed by atoms with Gasteiger partial charge in [0.1, 0.15) is 0 Å². The van der Waals surface area contributed by atoms with E-state index in [1.807, 2.05) is 13.8 Å². The van der Waals surface area contributed by atoms with Gasteiger partial charge in [0.2, 0.25) is 0 Å². The zero-order valence-electron chi connectivity index (χ0n) is 10.5. The van der Waals surface area contributed by atoms with Gasteiger partial charge < -0.3 is 5.11 Å². The van der Waals surface area contributed by atoms with E-state index in [0.29, 0.717) is 0 Å². The molecule has 0 bridgehead atoms. The van der Waals surface area contributed by atoms with Crippen molar-refractivity contribution < 1.29 is 5.11 Å². The number of rotatable bonds is 4. The van der Waals surface area contributed by atoms with Crippen LogP contribution < -0.4 is 0 Å². The number of fused-ring (bicyclic) bond motifs is 1. The Morgan fingerprint density at radius 1 is 1.06 bits per heavy atom. The smallest absolute Gasteiger partial charge is 0.0592 e. The summed E-state index contributed by atoms with van der Waals surface area (Å²) >= 11 is 0. The zero-order chi connectivity index (χ0) is 12.3. The van der Waals surface area contributed by atoms with Crippen LogP contribution in [0.15, 0.2) is 42.5 Å². The van der Waals surface area contributed by atoms with Crippen molar-refractivity contribution in [3.63, 3.8) is 0 Å². The highest BCUT2D eigenvalue weighted by Crippen LogP contribution is 2.22. The van der Waals surface area contributed by atoms with Crippen molar-refractivity contribution in [1.82, 2.24) is 0 Å². The van der Waals surface area contributed by atoms with Gasteiger partial charge in [0, 0.05) is 0 Å². The van der Waals surface area contributed by atoms with Crippen LogP contribution in [0.4, 0.5) is 0 Å². The van der Waals surface area contributed by atoms with Crippen molar-refractivity contribution in [1.29, 1.82) is 0 Å². The third-order valence-corrected chi connectivity index (χ3v) is 2.94. The lowest BCUT2D eigenvalue weighted by molar-refractivity contribution is 0.0713. The molecule has 0 aliphatic rings. The molecule has 0 fully saturated rings. The molecule has 0 heterocycles. The lowest BCUT2D eigenvalue weighted by atomic mass is 9.96. The first kappa shape index (κ1) is 12.1. The van der Waals surface area contributed by atoms with Crippen LogP contribution in [0, 0.1) is 6.42 Å². The molecule has 1 N–H and O–H groups in total. The van der Waals surface area contributed by atoms with Gasteiger partial charge in [-0.1, -0.05) is 42.5 Å². The molecule has 17 heavy (non-hydrogen) atoms. The largest absolute Gasteiger partial charge is 0.390 e. The summed E-state index contributed by atoms with van der Waals surface area (Å²) in [4.78, 5) is 0. The fourth-order valence-electron chi connectivity index (χ4n) is 2.01. The molecule has 0 spiro atoms. The van der Waals surface area contributed by atoms with Gasteiger partial charge in [0.15, 0.2) is 0 Å². The predicted octanol–water partition coefficient (Wildman–Crippen LogP) is 3.94. The second-order valence-corrected chi connectivity index (χ2v) is 5.12. The van der Waals surface area contributed by atoms with E-state index in [0.717, 1.165) is 12.8 Å². The molecule has 1 heteroatoms. The maximum absolute atomic E-state index is 9.69. The molecular formula is C16H19O. The minimum Gasteiger partial charge on any atom is -0.390 e. The van der Waals surface area contributed by atoms with E-state index in [1.165, 1.54) is 16.3 Å². The number of benzene rings is 2. The van der Waals surface area contributed by atoms with E-state index in [-0.39, 0.29) is 0 Å². The molecule has 1 radical (unpaired) electrons. The van der Waals surface area contributed by atoms with Gasteiger partial charge >= 0.3 is 0 Å². The highest BCUT2D eigenvalue weighted by atomic mass is 16.3. The van der Waals surface area contributed by atoms with Crippen LogP contribution in [-0.2, 0) is 0 Å². The van der Waals surface area contributed by atoms with Gasteiger partial charge in [0.25, 0.3) is 0 Å². The molecule has 1 nitrogen and oxygen atoms in total. The highest BCUT2D eigenvalue weighted by molar-refractivity contribution is 5.86. The molecule has 0 amide bonds. The van der Waals surface area contributed by atoms with Crippen molar-refractivity contribution in [3.8, 4) is 0 Å². The summed E-state index contributed by atoms with van der Waals surface area (Å²) < 4.78 is 0. The van der Waals surface area contributed by atoms with Crippen LogP contribution in [0.2, 0.25) is 0 Å². The Balaban J connectivity index is 2.13. The van der Waals surface area contributed by atoms with Crippen molar-refractivity contribution in [2.75, 3.05) is 0 Å². The van der Waals surface area contributed by atoms with Crippen molar-refractivity contribution >= 4 is 10.8 Å². The Labute approximate surface area is 103 Å². The predicted molar refractivity (Wildman–Crippen MR) is 72.9 cm³/mol. The van der Waals surface area contributed by atoms with Crippen LogP contribution >= 0.6 is 0 Å². The second-order valence-electron chi connectivity index (χ2n) is 5.12. The Morgan fingerprint density at radius 2 is 1.76 bits per heavy atom. The van der Waals surface area contributed by atoms with Crippen LogP contribution in [0.25, 0.3) is 10.8 Å². The maximum Gasteiger partial charge on any atom is 0.0592 e. The van der Waals surface area contributed by atoms with E-state index in [1.54, 1.807) is 0 Å². The molecule has 0 aliphatic carbocycles. The summed E-state index contributed by atoms with van der Waals surface area (Å²) in [5, 5.41) is 12.2. The first-order chi connectivity index (χ1) is 8.06. The van der Waals surface area contributed by atoms with Gasteiger partial charge in [-0.05, 0) is 49.4 Å². The van der Waals surface area contributed by atoms with E-state index in [2.05, 4.69) is 48.9 Å². The van der Waals surface area contributed by atoms with Gasteiger partial charge in [-0.25, -0.2) is 0 Å². The number of hydrogen-bond donors (Lipinski definition) is 1. The Morgan fingerprint density at radius 3 is 2.53 bits per heavy atom. The second kappa shape index (κ2) is 4.89. The Bertz CT molecular complexity index is 489. The lowest BCUT2D eigenvalue weighted by Crippen LogP contribution is -2.17. The molecule has 0 saturated carbocycles. The van der Waals surface area contributed by atoms with Gasteiger partial charge in [-0.15, -0.1) is 0 Å². The maximum atomic E-state index is 9.69. The van der Waals surface area contributed by atoms with E-state index < -0.39 is 5.60 Å². The van der Waals surface area contributed by atoms with Gasteiger partial charge in [-0.2, -0.15) is 0 Å². The highest BCUT2D eigenvalue weighted by Gasteiger charge is 2.12. The average molecular weight is 227 g/mol. The molecule has 2 aromatic carbocycles. The molecule has 0 saturated heterocycles. The fourth-order valence-corrected chi connectivity index (χ4v) is 2.01. The molecule has 89 valence electrons. The van der Waals surface area contributed by atoms with E-state index >= 15 is 0 Å². The summed E-state index contributed by atoms with van der Waals surface area (Å²) in [5.41, 5.74) is 0.675. The minimum atomic E-state index is -0.582. The quantitative estimate of drug-likeness (QED) is 0.838. The summed E-state index contributed by atoms with van der Waals surface area (Å²) in [5.74, 6) is 0. The minimum absolute atomic E-state index is 0.582. The molecule has 0 atom stereocenters. The van der Waals surface area contributed by atoms with Crippen molar-refractivity contribution in [2.45, 2.75) is 32.3 Å². The molecule has 0 aromatic heterocycles. The third kappa shape index (κ3) is 3.31. The molecule has 2 aromatic rings. The van der Waals surface area contributed by atoms with Crippen LogP contribution in [0.1, 0.15) is 32.3 Å². The summed E-state index contributed by atoms with van der Waals surface area (Å²) in [6.45, 7) is 3.70. The molecular weight excluding hydrogens is 208 g/mol. The first-order valence-corrected chi connectivity index (χ1v) is 6.10. The van der Waals surface area contributed by atoms with Gasteiger partial charge in [0.05, 0.1) is 5.60 Å². The fraction of sp³-hybridized carbons (Fsp3) is 0.312. The summed E-state index contributed by atoms with van der Waals surface area (Å²) in [6.07, 6.45) is 3.90. The molecule has 0 aliphatic heterocycles. The van der Waals surface area contributed by atoms with Crippen LogP contribution in [0.5, 0.6) is 0 Å². The number of aliphatic hydroxyl groups is 1. The SMILES string of the molecule is CC(C)(O)CC[CH]c1cccc2ccccc12. The lowest BCUT2D eigenvalue weighted by Gasteiger charge is -2.16. The molecule has 2 rings (SSSR count). The zero-order valence-corrected chi connectivity index (χ0v) is 10.5. The topological polar surface area (TPSA) is 20.2 Å². The monoisotopic (exact) mass is 227 g/mol. The summed E-state index contributed by atoms with van der Waals surface area (Å²) in [7, 11) is 0. The van der Waals surface area contributed by atoms with Gasteiger partial charge in [-0.3, -0.25) is 0 Å². The number of hydrogen-bond acceptors (Lipinski definition) is 1. The Hall–Kier alpha value is -1.34. The third-order valence-electron chi connectivity index (χ3n) is 2.94. The van der Waals surface area contributed by atoms with Crippen LogP contribution in [-0.4, -0.2) is 10.7 Å².